The Hall–Kier alpha value is -3.35. The Kier molecular flexibility index (Phi) is 8.68. The maximum absolute atomic E-state index is 13.4. The van der Waals surface area contributed by atoms with Crippen molar-refractivity contribution in [3.8, 4) is 17.6 Å². The summed E-state index contributed by atoms with van der Waals surface area (Å²) in [6.07, 6.45) is -1.06. The number of piperidine rings is 1. The second kappa shape index (κ2) is 11.7. The number of nitrogens with zero attached hydrogens (tertiary/aromatic N) is 1. The second-order valence-corrected chi connectivity index (χ2v) is 8.90. The monoisotopic (exact) mass is 484 g/mol. The molecule has 0 saturated carbocycles. The maximum atomic E-state index is 13.4. The molecule has 1 heterocycles. The molecule has 2 aromatic carbocycles. The van der Waals surface area contributed by atoms with Gasteiger partial charge >= 0.3 is 12.1 Å². The lowest BCUT2D eigenvalue weighted by atomic mass is 9.73. The van der Waals surface area contributed by atoms with Crippen molar-refractivity contribution in [2.24, 2.45) is 5.41 Å². The van der Waals surface area contributed by atoms with Crippen LogP contribution in [0.3, 0.4) is 0 Å². The molecule has 1 saturated heterocycles. The van der Waals surface area contributed by atoms with Crippen LogP contribution in [0.2, 0.25) is 0 Å². The smallest absolute Gasteiger partial charge is 0.407 e. The van der Waals surface area contributed by atoms with Crippen LogP contribution < -0.4 is 4.74 Å². The molecule has 34 heavy (non-hydrogen) atoms. The molecule has 1 amide bonds. The zero-order chi connectivity index (χ0) is 24.6. The van der Waals surface area contributed by atoms with E-state index >= 15 is 0 Å². The van der Waals surface area contributed by atoms with E-state index in [2.05, 4.69) is 11.8 Å². The molecule has 1 N–H and O–H groups in total. The number of rotatable bonds is 8. The zero-order valence-corrected chi connectivity index (χ0v) is 19.6. The van der Waals surface area contributed by atoms with Crippen molar-refractivity contribution in [3.05, 3.63) is 65.7 Å². The molecule has 0 aromatic heterocycles. The van der Waals surface area contributed by atoms with Crippen LogP contribution in [0.1, 0.15) is 36.1 Å². The number of ether oxygens (including phenoxy) is 2. The van der Waals surface area contributed by atoms with Crippen LogP contribution in [0.5, 0.6) is 5.75 Å². The predicted molar refractivity (Wildman–Crippen MR) is 125 cm³/mol. The molecule has 0 spiro atoms. The lowest BCUT2D eigenvalue weighted by Gasteiger charge is -2.44. The standard InChI is InChI=1S/C25H27NO7S/c1-2-3-17-32-21-11-9-20(10-12-21)22(34(30)31)25(13-15-26(16-14-25)24(28)29)23(27)33-18-19-7-5-4-6-8-19/h4-12,22H,13-18H2,1H3,(H,28,29)(H,30,31)/p-1. The highest BCUT2D eigenvalue weighted by atomic mass is 32.2. The topological polar surface area (TPSA) is 116 Å². The average molecular weight is 485 g/mol. The fraction of sp³-hybridized carbons (Fsp3) is 0.360. The van der Waals surface area contributed by atoms with E-state index in [4.69, 9.17) is 9.47 Å². The SMILES string of the molecule is CC#CCOc1ccc(C(S(=O)[O-])C2(C(=O)OCc3ccccc3)CCN(C(=O)O)CC2)cc1. The molecule has 1 fully saturated rings. The van der Waals surface area contributed by atoms with E-state index in [9.17, 15) is 23.5 Å². The van der Waals surface area contributed by atoms with E-state index in [1.54, 1.807) is 43.3 Å². The van der Waals surface area contributed by atoms with Gasteiger partial charge in [-0.25, -0.2) is 4.79 Å². The van der Waals surface area contributed by atoms with Crippen LogP contribution in [0, 0.1) is 17.3 Å². The molecule has 0 bridgehead atoms. The average Bonchev–Trinajstić information content (AvgIpc) is 2.84. The molecule has 3 rings (SSSR count). The number of hydrogen-bond acceptors (Lipinski definition) is 6. The Bertz CT molecular complexity index is 1070. The molecule has 0 aliphatic carbocycles. The third-order valence-electron chi connectivity index (χ3n) is 5.91. The van der Waals surface area contributed by atoms with Gasteiger partial charge in [0.05, 0.1) is 10.7 Å². The van der Waals surface area contributed by atoms with Gasteiger partial charge in [-0.05, 0) is 54.1 Å². The van der Waals surface area contributed by atoms with Crippen LogP contribution in [0.15, 0.2) is 54.6 Å². The van der Waals surface area contributed by atoms with Crippen LogP contribution in [-0.4, -0.2) is 50.5 Å². The molecule has 2 unspecified atom stereocenters. The Morgan fingerprint density at radius 1 is 1.15 bits per heavy atom. The Morgan fingerprint density at radius 2 is 1.79 bits per heavy atom. The number of esters is 1. The highest BCUT2D eigenvalue weighted by Crippen LogP contribution is 2.47. The highest BCUT2D eigenvalue weighted by Gasteiger charge is 2.51. The molecular formula is C25H26NO7S-. The van der Waals surface area contributed by atoms with Crippen molar-refractivity contribution < 1.29 is 32.9 Å². The minimum Gasteiger partial charge on any atom is -0.772 e. The number of carbonyl (C=O) groups excluding carboxylic acids is 1. The van der Waals surface area contributed by atoms with Crippen LogP contribution in [0.25, 0.3) is 0 Å². The van der Waals surface area contributed by atoms with Crippen molar-refractivity contribution in [1.82, 2.24) is 4.90 Å². The molecular weight excluding hydrogens is 458 g/mol. The lowest BCUT2D eigenvalue weighted by Crippen LogP contribution is -2.50. The first-order chi connectivity index (χ1) is 16.4. The summed E-state index contributed by atoms with van der Waals surface area (Å²) < 4.78 is 36.1. The quantitative estimate of drug-likeness (QED) is 0.346. The van der Waals surface area contributed by atoms with Crippen molar-refractivity contribution in [3.63, 3.8) is 0 Å². The number of likely N-dealkylation sites (tertiary alicyclic amines) is 1. The van der Waals surface area contributed by atoms with E-state index in [0.29, 0.717) is 11.3 Å². The van der Waals surface area contributed by atoms with Crippen molar-refractivity contribution in [2.75, 3.05) is 19.7 Å². The number of carbonyl (C=O) groups is 2. The Labute approximate surface area is 201 Å². The predicted octanol–water partition coefficient (Wildman–Crippen LogP) is 3.51. The first-order valence-corrected chi connectivity index (χ1v) is 11.9. The summed E-state index contributed by atoms with van der Waals surface area (Å²) >= 11 is -2.68. The summed E-state index contributed by atoms with van der Waals surface area (Å²) in [6, 6.07) is 15.5. The Morgan fingerprint density at radius 3 is 2.35 bits per heavy atom. The Balaban J connectivity index is 1.90. The van der Waals surface area contributed by atoms with E-state index in [-0.39, 0.29) is 39.1 Å². The lowest BCUT2D eigenvalue weighted by molar-refractivity contribution is -0.160. The number of carboxylic acid groups (broad SMARTS) is 1. The fourth-order valence-electron chi connectivity index (χ4n) is 4.08. The van der Waals surface area contributed by atoms with Gasteiger partial charge in [0.1, 0.15) is 19.0 Å². The van der Waals surface area contributed by atoms with E-state index in [0.717, 1.165) is 5.56 Å². The molecule has 8 nitrogen and oxygen atoms in total. The maximum Gasteiger partial charge on any atom is 0.407 e. The van der Waals surface area contributed by atoms with Gasteiger partial charge in [0.25, 0.3) is 0 Å². The van der Waals surface area contributed by atoms with Gasteiger partial charge in [0, 0.05) is 13.1 Å². The van der Waals surface area contributed by atoms with Gasteiger partial charge in [-0.15, -0.1) is 5.92 Å². The molecule has 1 aliphatic heterocycles. The first-order valence-electron chi connectivity index (χ1n) is 10.8. The number of amides is 1. The van der Waals surface area contributed by atoms with Crippen LogP contribution in [-0.2, 0) is 27.2 Å². The zero-order valence-electron chi connectivity index (χ0n) is 18.8. The minimum absolute atomic E-state index is 0.00643. The van der Waals surface area contributed by atoms with Gasteiger partial charge < -0.3 is 24.0 Å². The van der Waals surface area contributed by atoms with Crippen molar-refractivity contribution >= 4 is 23.1 Å². The summed E-state index contributed by atoms with van der Waals surface area (Å²) in [5, 5.41) is 8.14. The third-order valence-corrected chi connectivity index (χ3v) is 7.02. The van der Waals surface area contributed by atoms with Gasteiger partial charge in [-0.1, -0.05) is 48.4 Å². The normalized spacial score (nSPS) is 16.5. The molecule has 2 atom stereocenters. The van der Waals surface area contributed by atoms with E-state index < -0.39 is 33.8 Å². The fourth-order valence-corrected chi connectivity index (χ4v) is 5.16. The van der Waals surface area contributed by atoms with Gasteiger partial charge in [-0.3, -0.25) is 9.00 Å². The van der Waals surface area contributed by atoms with E-state index in [1.807, 2.05) is 18.2 Å². The second-order valence-electron chi connectivity index (χ2n) is 7.91. The third kappa shape index (κ3) is 5.95. The summed E-state index contributed by atoms with van der Waals surface area (Å²) in [5.41, 5.74) is -0.253. The van der Waals surface area contributed by atoms with Crippen LogP contribution in [0.4, 0.5) is 4.79 Å². The molecule has 0 radical (unpaired) electrons. The summed E-state index contributed by atoms with van der Waals surface area (Å²) in [6.45, 7) is 1.95. The number of benzene rings is 2. The first kappa shape index (κ1) is 25.3. The molecule has 1 aliphatic rings. The minimum atomic E-state index is -2.68. The summed E-state index contributed by atoms with van der Waals surface area (Å²) in [4.78, 5) is 26.0. The van der Waals surface area contributed by atoms with Gasteiger partial charge in [0.2, 0.25) is 0 Å². The van der Waals surface area contributed by atoms with Gasteiger partial charge in [-0.2, -0.15) is 0 Å². The van der Waals surface area contributed by atoms with Crippen LogP contribution >= 0.6 is 0 Å². The molecule has 180 valence electrons. The summed E-state index contributed by atoms with van der Waals surface area (Å²) in [5.74, 6) is 5.36. The molecule has 9 heteroatoms. The molecule has 2 aromatic rings. The van der Waals surface area contributed by atoms with Gasteiger partial charge in [0.15, 0.2) is 0 Å². The van der Waals surface area contributed by atoms with Crippen molar-refractivity contribution in [2.45, 2.75) is 31.6 Å². The van der Waals surface area contributed by atoms with Crippen molar-refractivity contribution in [1.29, 1.82) is 0 Å². The number of hydrogen-bond donors (Lipinski definition) is 1. The highest BCUT2D eigenvalue weighted by molar-refractivity contribution is 7.79. The van der Waals surface area contributed by atoms with E-state index in [1.165, 1.54) is 4.90 Å². The summed E-state index contributed by atoms with van der Waals surface area (Å²) in [7, 11) is 0. The largest absolute Gasteiger partial charge is 0.772 e.